The van der Waals surface area contributed by atoms with Crippen LogP contribution in [0.2, 0.25) is 10.0 Å². The highest BCUT2D eigenvalue weighted by molar-refractivity contribution is 7.89. The largest absolute Gasteiger partial charge is 0.298 e. The van der Waals surface area contributed by atoms with E-state index in [-0.39, 0.29) is 32.0 Å². The number of sulfonamides is 1. The Bertz CT molecular complexity index is 993. The molecule has 0 bridgehead atoms. The molecule has 1 amide bonds. The molecule has 2 N–H and O–H groups in total. The van der Waals surface area contributed by atoms with Gasteiger partial charge in [-0.2, -0.15) is 0 Å². The molecule has 1 aliphatic carbocycles. The Morgan fingerprint density at radius 1 is 1.22 bits per heavy atom. The number of aromatic nitrogens is 1. The average Bonchev–Trinajstić information content (AvgIpc) is 3.19. The summed E-state index contributed by atoms with van der Waals surface area (Å²) < 4.78 is 27.5. The van der Waals surface area contributed by atoms with E-state index in [1.165, 1.54) is 23.5 Å². The second kappa shape index (κ2) is 7.33. The van der Waals surface area contributed by atoms with E-state index in [0.717, 1.165) is 18.5 Å². The molecule has 1 aromatic carbocycles. The maximum Gasteiger partial charge on any atom is 0.259 e. The van der Waals surface area contributed by atoms with E-state index < -0.39 is 15.9 Å². The molecule has 10 heteroatoms. The fraction of sp³-hybridized carbons (Fsp3) is 0.412. The van der Waals surface area contributed by atoms with Gasteiger partial charge < -0.3 is 0 Å². The third-order valence-corrected chi connectivity index (χ3v) is 7.00. The molecule has 0 unspecified atom stereocenters. The number of carbonyl (C=O) groups excluding carboxylic acids is 1. The van der Waals surface area contributed by atoms with Gasteiger partial charge in [-0.3, -0.25) is 10.1 Å². The number of carbonyl (C=O) groups is 1. The van der Waals surface area contributed by atoms with Gasteiger partial charge in [0.2, 0.25) is 10.0 Å². The Morgan fingerprint density at radius 2 is 1.89 bits per heavy atom. The molecule has 0 aliphatic heterocycles. The first-order chi connectivity index (χ1) is 12.5. The third kappa shape index (κ3) is 4.81. The van der Waals surface area contributed by atoms with Gasteiger partial charge in [-0.1, -0.05) is 44.0 Å². The van der Waals surface area contributed by atoms with E-state index in [0.29, 0.717) is 5.13 Å². The van der Waals surface area contributed by atoms with Crippen molar-refractivity contribution in [2.24, 2.45) is 0 Å². The van der Waals surface area contributed by atoms with Crippen LogP contribution in [0.3, 0.4) is 0 Å². The quantitative estimate of drug-likeness (QED) is 0.708. The van der Waals surface area contributed by atoms with Crippen LogP contribution < -0.4 is 10.0 Å². The van der Waals surface area contributed by atoms with Crippen molar-refractivity contribution in [1.82, 2.24) is 9.71 Å². The zero-order chi connectivity index (χ0) is 20.0. The maximum atomic E-state index is 12.6. The summed E-state index contributed by atoms with van der Waals surface area (Å²) in [5.74, 6) is -0.547. The van der Waals surface area contributed by atoms with E-state index >= 15 is 0 Å². The summed E-state index contributed by atoms with van der Waals surface area (Å²) in [7, 11) is -3.82. The van der Waals surface area contributed by atoms with E-state index in [2.05, 4.69) is 15.0 Å². The van der Waals surface area contributed by atoms with Crippen molar-refractivity contribution < 1.29 is 13.2 Å². The van der Waals surface area contributed by atoms with Gasteiger partial charge in [0.1, 0.15) is 4.90 Å². The van der Waals surface area contributed by atoms with Crippen LogP contribution in [0.15, 0.2) is 22.4 Å². The summed E-state index contributed by atoms with van der Waals surface area (Å²) in [4.78, 5) is 16.9. The van der Waals surface area contributed by atoms with Crippen molar-refractivity contribution in [2.45, 2.75) is 50.0 Å². The summed E-state index contributed by atoms with van der Waals surface area (Å²) in [6.07, 6.45) is 1.58. The first-order valence-electron chi connectivity index (χ1n) is 8.26. The number of amides is 1. The number of rotatable bonds is 5. The normalized spacial score (nSPS) is 15.0. The van der Waals surface area contributed by atoms with Gasteiger partial charge in [-0.25, -0.2) is 18.1 Å². The Balaban J connectivity index is 1.88. The van der Waals surface area contributed by atoms with Crippen LogP contribution in [0.4, 0.5) is 5.13 Å². The number of nitrogens with zero attached hydrogens (tertiary/aromatic N) is 1. The van der Waals surface area contributed by atoms with E-state index in [1.54, 1.807) is 0 Å². The summed E-state index contributed by atoms with van der Waals surface area (Å²) in [5.41, 5.74) is 0.722. The van der Waals surface area contributed by atoms with Gasteiger partial charge >= 0.3 is 0 Å². The van der Waals surface area contributed by atoms with Crippen molar-refractivity contribution in [3.05, 3.63) is 38.8 Å². The molecule has 3 rings (SSSR count). The van der Waals surface area contributed by atoms with E-state index in [4.69, 9.17) is 23.2 Å². The second-order valence-corrected chi connectivity index (χ2v) is 10.8. The standard InChI is InChI=1S/C17H19Cl2N3O3S2/c1-17(2,3)14-8-26-16(20-14)21-15(23)10-6-13(12(19)7-11(10)18)27(24,25)22-9-4-5-9/h6-9,22H,4-5H2,1-3H3,(H,20,21,23). The summed E-state index contributed by atoms with van der Waals surface area (Å²) >= 11 is 13.5. The van der Waals surface area contributed by atoms with Crippen LogP contribution in [-0.4, -0.2) is 25.4 Å². The van der Waals surface area contributed by atoms with E-state index in [1.807, 2.05) is 26.2 Å². The molecule has 146 valence electrons. The smallest absolute Gasteiger partial charge is 0.259 e. The van der Waals surface area contributed by atoms with E-state index in [9.17, 15) is 13.2 Å². The molecule has 1 aliphatic rings. The lowest BCUT2D eigenvalue weighted by Crippen LogP contribution is -2.26. The van der Waals surface area contributed by atoms with Crippen molar-refractivity contribution in [2.75, 3.05) is 5.32 Å². The Hall–Kier alpha value is -1.19. The van der Waals surface area contributed by atoms with Crippen LogP contribution in [0.5, 0.6) is 0 Å². The molecular weight excluding hydrogens is 429 g/mol. The molecular formula is C17H19Cl2N3O3S2. The lowest BCUT2D eigenvalue weighted by molar-refractivity contribution is 0.102. The van der Waals surface area contributed by atoms with Gasteiger partial charge in [-0.15, -0.1) is 11.3 Å². The first-order valence-corrected chi connectivity index (χ1v) is 11.4. The third-order valence-electron chi connectivity index (χ3n) is 3.95. The lowest BCUT2D eigenvalue weighted by atomic mass is 9.93. The Labute approximate surface area is 172 Å². The zero-order valence-electron chi connectivity index (χ0n) is 15.0. The minimum atomic E-state index is -3.82. The SMILES string of the molecule is CC(C)(C)c1csc(NC(=O)c2cc(S(=O)(=O)NC3CC3)c(Cl)cc2Cl)n1. The molecule has 0 radical (unpaired) electrons. The minimum absolute atomic E-state index is 0.0183. The molecule has 1 heterocycles. The highest BCUT2D eigenvalue weighted by Gasteiger charge is 2.30. The molecule has 0 spiro atoms. The number of hydrogen-bond donors (Lipinski definition) is 2. The minimum Gasteiger partial charge on any atom is -0.298 e. The first kappa shape index (κ1) is 20.5. The summed E-state index contributed by atoms with van der Waals surface area (Å²) in [6, 6.07) is 2.38. The maximum absolute atomic E-state index is 12.6. The molecule has 2 aromatic rings. The molecule has 6 nitrogen and oxygen atoms in total. The Kier molecular flexibility index (Phi) is 5.58. The number of thiazole rings is 1. The fourth-order valence-corrected chi connectivity index (χ4v) is 5.33. The molecule has 0 saturated heterocycles. The summed E-state index contributed by atoms with van der Waals surface area (Å²) in [5, 5.41) is 4.98. The van der Waals surface area contributed by atoms with Gasteiger partial charge in [0.25, 0.3) is 5.91 Å². The molecule has 27 heavy (non-hydrogen) atoms. The highest BCUT2D eigenvalue weighted by Crippen LogP contribution is 2.32. The van der Waals surface area contributed by atoms with Crippen LogP contribution in [0.25, 0.3) is 0 Å². The number of benzene rings is 1. The number of halogens is 2. The molecule has 1 fully saturated rings. The monoisotopic (exact) mass is 447 g/mol. The van der Waals surface area contributed by atoms with Gasteiger partial charge in [0.15, 0.2) is 5.13 Å². The number of hydrogen-bond acceptors (Lipinski definition) is 5. The predicted molar refractivity (Wildman–Crippen MR) is 109 cm³/mol. The molecule has 1 saturated carbocycles. The fourth-order valence-electron chi connectivity index (χ4n) is 2.23. The van der Waals surface area contributed by atoms with Gasteiger partial charge in [0, 0.05) is 16.8 Å². The lowest BCUT2D eigenvalue weighted by Gasteiger charge is -2.14. The van der Waals surface area contributed by atoms with Crippen molar-refractivity contribution >= 4 is 55.6 Å². The van der Waals surface area contributed by atoms with Gasteiger partial charge in [-0.05, 0) is 25.0 Å². The highest BCUT2D eigenvalue weighted by atomic mass is 35.5. The van der Waals surface area contributed by atoms with Crippen molar-refractivity contribution in [1.29, 1.82) is 0 Å². The zero-order valence-corrected chi connectivity index (χ0v) is 18.1. The van der Waals surface area contributed by atoms with Crippen molar-refractivity contribution in [3.8, 4) is 0 Å². The van der Waals surface area contributed by atoms with Crippen molar-refractivity contribution in [3.63, 3.8) is 0 Å². The Morgan fingerprint density at radius 3 is 2.44 bits per heavy atom. The number of nitrogens with one attached hydrogen (secondary N) is 2. The van der Waals surface area contributed by atoms with Crippen LogP contribution in [0.1, 0.15) is 49.7 Å². The predicted octanol–water partition coefficient (Wildman–Crippen LogP) is 4.44. The van der Waals surface area contributed by atoms with Gasteiger partial charge in [0.05, 0.1) is 21.3 Å². The topological polar surface area (TPSA) is 88.2 Å². The van der Waals surface area contributed by atoms with Crippen LogP contribution in [0, 0.1) is 0 Å². The van der Waals surface area contributed by atoms with Crippen LogP contribution >= 0.6 is 34.5 Å². The second-order valence-electron chi connectivity index (χ2n) is 7.40. The summed E-state index contributed by atoms with van der Waals surface area (Å²) in [6.45, 7) is 6.06. The average molecular weight is 448 g/mol. The van der Waals surface area contributed by atoms with Crippen LogP contribution in [-0.2, 0) is 15.4 Å². The number of anilines is 1. The molecule has 1 aromatic heterocycles. The molecule has 0 atom stereocenters.